The molecule has 2 saturated heterocycles. The lowest BCUT2D eigenvalue weighted by molar-refractivity contribution is -0.156. The molecule has 0 aliphatic carbocycles. The molecule has 6 nitrogen and oxygen atoms in total. The van der Waals surface area contributed by atoms with E-state index in [0.29, 0.717) is 18.6 Å². The normalized spacial score (nSPS) is 29.7. The Labute approximate surface area is 109 Å². The van der Waals surface area contributed by atoms with Crippen molar-refractivity contribution in [1.82, 2.24) is 4.90 Å². The van der Waals surface area contributed by atoms with Crippen LogP contribution in [-0.4, -0.2) is 58.0 Å². The van der Waals surface area contributed by atoms with Crippen LogP contribution < -0.4 is 0 Å². The summed E-state index contributed by atoms with van der Waals surface area (Å²) in [7, 11) is 1.33. The van der Waals surface area contributed by atoms with Gasteiger partial charge in [-0.15, -0.1) is 0 Å². The summed E-state index contributed by atoms with van der Waals surface area (Å²) in [5.41, 5.74) is 0. The Morgan fingerprint density at radius 2 is 2.28 bits per heavy atom. The highest BCUT2D eigenvalue weighted by Crippen LogP contribution is 2.41. The molecule has 0 aromatic heterocycles. The van der Waals surface area contributed by atoms with E-state index in [-0.39, 0.29) is 29.6 Å². The number of nitrogens with zero attached hydrogens (tertiary/aromatic N) is 1. The number of aliphatic carboxylic acids is 1. The van der Waals surface area contributed by atoms with Crippen LogP contribution in [0.3, 0.4) is 0 Å². The number of carbonyl (C=O) groups excluding carboxylic acids is 2. The lowest BCUT2D eigenvalue weighted by Gasteiger charge is -2.37. The third kappa shape index (κ3) is 2.31. The summed E-state index contributed by atoms with van der Waals surface area (Å²) in [6, 6.07) is -0.659. The number of thioether (sulfide) groups is 1. The first-order valence-corrected chi connectivity index (χ1v) is 6.82. The van der Waals surface area contributed by atoms with E-state index < -0.39 is 12.0 Å². The number of rotatable bonds is 5. The van der Waals surface area contributed by atoms with Gasteiger partial charge in [-0.1, -0.05) is 0 Å². The zero-order chi connectivity index (χ0) is 13.3. The van der Waals surface area contributed by atoms with Crippen molar-refractivity contribution >= 4 is 29.6 Å². The van der Waals surface area contributed by atoms with Crippen LogP contribution in [0.2, 0.25) is 0 Å². The monoisotopic (exact) mass is 273 g/mol. The predicted molar refractivity (Wildman–Crippen MR) is 64.2 cm³/mol. The second-order valence-electron chi connectivity index (χ2n) is 4.41. The largest absolute Gasteiger partial charge is 0.480 e. The minimum absolute atomic E-state index is 0.0780. The van der Waals surface area contributed by atoms with E-state index >= 15 is 0 Å². The first-order valence-electron chi connectivity index (χ1n) is 5.77. The Balaban J connectivity index is 1.90. The molecule has 1 unspecified atom stereocenters. The van der Waals surface area contributed by atoms with E-state index in [4.69, 9.17) is 0 Å². The molecular weight excluding hydrogens is 258 g/mol. The van der Waals surface area contributed by atoms with E-state index in [9.17, 15) is 19.5 Å². The van der Waals surface area contributed by atoms with Gasteiger partial charge < -0.3 is 14.7 Å². The van der Waals surface area contributed by atoms with Crippen molar-refractivity contribution in [2.24, 2.45) is 0 Å². The fraction of sp³-hybridized carbons (Fsp3) is 0.727. The summed E-state index contributed by atoms with van der Waals surface area (Å²) in [5.74, 6) is -0.813. The Bertz CT molecular complexity index is 386. The molecule has 1 amide bonds. The number of fused-ring (bicyclic) bond motifs is 1. The van der Waals surface area contributed by atoms with Gasteiger partial charge in [0.25, 0.3) is 0 Å². The summed E-state index contributed by atoms with van der Waals surface area (Å²) in [5, 5.41) is 9.06. The Morgan fingerprint density at radius 3 is 2.83 bits per heavy atom. The molecular formula is C11H15NO5S. The molecule has 2 heterocycles. The maximum absolute atomic E-state index is 11.4. The second-order valence-corrected chi connectivity index (χ2v) is 5.76. The van der Waals surface area contributed by atoms with Crippen LogP contribution in [0.25, 0.3) is 0 Å². The average Bonchev–Trinajstić information content (AvgIpc) is 2.61. The van der Waals surface area contributed by atoms with Crippen molar-refractivity contribution in [2.45, 2.75) is 36.6 Å². The molecule has 3 atom stereocenters. The SMILES string of the molecule is COC(=O)CCS[C@H]1CC2CC(=O)N2[C@@H]1C(=O)O. The number of hydrogen-bond acceptors (Lipinski definition) is 5. The van der Waals surface area contributed by atoms with Gasteiger partial charge in [0.1, 0.15) is 6.04 Å². The molecule has 0 radical (unpaired) electrons. The molecule has 2 aliphatic rings. The Morgan fingerprint density at radius 1 is 1.56 bits per heavy atom. The molecule has 0 aromatic rings. The first-order chi connectivity index (χ1) is 8.54. The Hall–Kier alpha value is -1.24. The number of carboxylic acids is 1. The van der Waals surface area contributed by atoms with Crippen LogP contribution in [0.5, 0.6) is 0 Å². The average molecular weight is 273 g/mol. The molecule has 0 saturated carbocycles. The van der Waals surface area contributed by atoms with Crippen molar-refractivity contribution in [1.29, 1.82) is 0 Å². The smallest absolute Gasteiger partial charge is 0.327 e. The van der Waals surface area contributed by atoms with Gasteiger partial charge in [-0.3, -0.25) is 9.59 Å². The number of ether oxygens (including phenoxy) is 1. The Kier molecular flexibility index (Phi) is 3.79. The van der Waals surface area contributed by atoms with E-state index in [2.05, 4.69) is 4.74 Å². The summed E-state index contributed by atoms with van der Waals surface area (Å²) in [6.07, 6.45) is 1.43. The summed E-state index contributed by atoms with van der Waals surface area (Å²) >= 11 is 1.44. The quantitative estimate of drug-likeness (QED) is 0.565. The highest BCUT2D eigenvalue weighted by Gasteiger charge is 2.53. The number of esters is 1. The van der Waals surface area contributed by atoms with Gasteiger partial charge in [-0.2, -0.15) is 11.8 Å². The summed E-state index contributed by atoms with van der Waals surface area (Å²) in [6.45, 7) is 0. The molecule has 0 bridgehead atoms. The number of carbonyl (C=O) groups is 3. The number of methoxy groups -OCH3 is 1. The van der Waals surface area contributed by atoms with Gasteiger partial charge in [0.2, 0.25) is 5.91 Å². The summed E-state index contributed by atoms with van der Waals surface area (Å²) < 4.78 is 4.53. The lowest BCUT2D eigenvalue weighted by Crippen LogP contribution is -2.55. The van der Waals surface area contributed by atoms with Crippen LogP contribution in [0, 0.1) is 0 Å². The van der Waals surface area contributed by atoms with Crippen LogP contribution in [-0.2, 0) is 19.1 Å². The molecule has 7 heteroatoms. The maximum atomic E-state index is 11.4. The molecule has 0 aromatic carbocycles. The standard InChI is InChI=1S/C11H15NO5S/c1-17-9(14)2-3-18-7-4-6-5-8(13)12(6)10(7)11(15)16/h6-7,10H,2-5H2,1H3,(H,15,16)/t6?,7-,10-/m0/s1. The molecule has 0 spiro atoms. The topological polar surface area (TPSA) is 83.9 Å². The van der Waals surface area contributed by atoms with Crippen molar-refractivity contribution in [3.8, 4) is 0 Å². The van der Waals surface area contributed by atoms with E-state index in [1.807, 2.05) is 0 Å². The zero-order valence-electron chi connectivity index (χ0n) is 10.00. The van der Waals surface area contributed by atoms with Gasteiger partial charge in [0.05, 0.1) is 13.5 Å². The molecule has 2 rings (SSSR count). The third-order valence-corrected chi connectivity index (χ3v) is 4.68. The van der Waals surface area contributed by atoms with Gasteiger partial charge >= 0.3 is 11.9 Å². The van der Waals surface area contributed by atoms with Crippen LogP contribution in [0.1, 0.15) is 19.3 Å². The molecule has 18 heavy (non-hydrogen) atoms. The van der Waals surface area contributed by atoms with Gasteiger partial charge in [-0.05, 0) is 6.42 Å². The van der Waals surface area contributed by atoms with Crippen LogP contribution >= 0.6 is 11.8 Å². The fourth-order valence-electron chi connectivity index (χ4n) is 2.48. The van der Waals surface area contributed by atoms with E-state index in [0.717, 1.165) is 0 Å². The van der Waals surface area contributed by atoms with E-state index in [1.54, 1.807) is 0 Å². The van der Waals surface area contributed by atoms with Gasteiger partial charge in [0, 0.05) is 23.5 Å². The molecule has 2 fully saturated rings. The van der Waals surface area contributed by atoms with Crippen molar-refractivity contribution in [3.63, 3.8) is 0 Å². The van der Waals surface area contributed by atoms with Crippen LogP contribution in [0.4, 0.5) is 0 Å². The minimum Gasteiger partial charge on any atom is -0.480 e. The highest BCUT2D eigenvalue weighted by molar-refractivity contribution is 8.00. The maximum Gasteiger partial charge on any atom is 0.327 e. The first kappa shape index (κ1) is 13.2. The third-order valence-electron chi connectivity index (χ3n) is 3.37. The van der Waals surface area contributed by atoms with E-state index in [1.165, 1.54) is 23.8 Å². The van der Waals surface area contributed by atoms with Crippen molar-refractivity contribution in [2.75, 3.05) is 12.9 Å². The number of hydrogen-bond donors (Lipinski definition) is 1. The van der Waals surface area contributed by atoms with Crippen molar-refractivity contribution < 1.29 is 24.2 Å². The number of amides is 1. The minimum atomic E-state index is -0.957. The van der Waals surface area contributed by atoms with Crippen molar-refractivity contribution in [3.05, 3.63) is 0 Å². The number of carboxylic acid groups (broad SMARTS) is 1. The van der Waals surface area contributed by atoms with Crippen LogP contribution in [0.15, 0.2) is 0 Å². The lowest BCUT2D eigenvalue weighted by atomic mass is 10.0. The summed E-state index contributed by atoms with van der Waals surface area (Å²) in [4.78, 5) is 35.0. The van der Waals surface area contributed by atoms with Gasteiger partial charge in [0.15, 0.2) is 0 Å². The fourth-order valence-corrected chi connectivity index (χ4v) is 3.86. The second kappa shape index (κ2) is 5.17. The predicted octanol–water partition coefficient (Wildman–Crippen LogP) is 0.109. The zero-order valence-corrected chi connectivity index (χ0v) is 10.8. The number of β-lactam (4-membered cyclic amide) rings is 1. The van der Waals surface area contributed by atoms with Gasteiger partial charge in [-0.25, -0.2) is 4.79 Å². The highest BCUT2D eigenvalue weighted by atomic mass is 32.2. The molecule has 100 valence electrons. The molecule has 2 aliphatic heterocycles. The molecule has 1 N–H and O–H groups in total.